The number of carbonyl (C=O) groups is 1. The predicted molar refractivity (Wildman–Crippen MR) is 126 cm³/mol. The van der Waals surface area contributed by atoms with E-state index in [-0.39, 0.29) is 23.6 Å². The first-order valence-corrected chi connectivity index (χ1v) is 12.7. The van der Waals surface area contributed by atoms with Crippen LogP contribution in [0.1, 0.15) is 48.1 Å². The van der Waals surface area contributed by atoms with E-state index in [9.17, 15) is 13.2 Å². The SMILES string of the molecule is Cc1ccc(C)c([C@H](C)NC(=O)C2CCN(S(=O)(=O)Cc3ccc(Cl)cc3Cl)CC2)c1. The molecule has 0 aliphatic carbocycles. The number of hydrogen-bond acceptors (Lipinski definition) is 3. The zero-order chi connectivity index (χ0) is 22.8. The Morgan fingerprint density at radius 1 is 1.13 bits per heavy atom. The van der Waals surface area contributed by atoms with Crippen molar-refractivity contribution in [2.24, 2.45) is 5.92 Å². The van der Waals surface area contributed by atoms with Crippen molar-refractivity contribution in [3.63, 3.8) is 0 Å². The number of aryl methyl sites for hydroxylation is 2. The van der Waals surface area contributed by atoms with Crippen LogP contribution in [0.25, 0.3) is 0 Å². The van der Waals surface area contributed by atoms with Gasteiger partial charge < -0.3 is 5.32 Å². The van der Waals surface area contributed by atoms with Gasteiger partial charge in [0.25, 0.3) is 0 Å². The molecule has 1 aliphatic heterocycles. The number of nitrogens with zero attached hydrogens (tertiary/aromatic N) is 1. The molecule has 0 bridgehead atoms. The molecule has 1 N–H and O–H groups in total. The van der Waals surface area contributed by atoms with E-state index in [0.29, 0.717) is 41.5 Å². The second-order valence-electron chi connectivity index (χ2n) is 8.26. The molecular formula is C23H28Cl2N2O3S. The lowest BCUT2D eigenvalue weighted by atomic mass is 9.95. The van der Waals surface area contributed by atoms with Crippen LogP contribution in [0.15, 0.2) is 36.4 Å². The maximum absolute atomic E-state index is 12.8. The summed E-state index contributed by atoms with van der Waals surface area (Å²) in [7, 11) is -3.52. The fourth-order valence-electron chi connectivity index (χ4n) is 3.96. The molecule has 5 nitrogen and oxygen atoms in total. The lowest BCUT2D eigenvalue weighted by Gasteiger charge is -2.31. The summed E-state index contributed by atoms with van der Waals surface area (Å²) in [5.41, 5.74) is 3.92. The number of rotatable bonds is 6. The highest BCUT2D eigenvalue weighted by Gasteiger charge is 2.32. The molecular weight excluding hydrogens is 455 g/mol. The lowest BCUT2D eigenvalue weighted by molar-refractivity contribution is -0.126. The molecule has 2 aromatic carbocycles. The molecule has 0 unspecified atom stereocenters. The van der Waals surface area contributed by atoms with E-state index in [1.165, 1.54) is 4.31 Å². The van der Waals surface area contributed by atoms with Gasteiger partial charge in [-0.3, -0.25) is 4.79 Å². The van der Waals surface area contributed by atoms with E-state index >= 15 is 0 Å². The smallest absolute Gasteiger partial charge is 0.223 e. The number of halogens is 2. The van der Waals surface area contributed by atoms with Crippen molar-refractivity contribution in [2.75, 3.05) is 13.1 Å². The second kappa shape index (κ2) is 9.90. The topological polar surface area (TPSA) is 66.5 Å². The highest BCUT2D eigenvalue weighted by molar-refractivity contribution is 7.88. The summed E-state index contributed by atoms with van der Waals surface area (Å²) < 4.78 is 27.1. The van der Waals surface area contributed by atoms with Gasteiger partial charge in [0.05, 0.1) is 11.8 Å². The quantitative estimate of drug-likeness (QED) is 0.627. The van der Waals surface area contributed by atoms with Crippen molar-refractivity contribution in [2.45, 2.75) is 45.4 Å². The maximum atomic E-state index is 12.8. The molecule has 1 saturated heterocycles. The molecule has 1 fully saturated rings. The summed E-state index contributed by atoms with van der Waals surface area (Å²) in [6, 6.07) is 10.9. The molecule has 2 aromatic rings. The normalized spacial score (nSPS) is 16.8. The van der Waals surface area contributed by atoms with Crippen molar-refractivity contribution in [1.82, 2.24) is 9.62 Å². The first-order valence-electron chi connectivity index (χ1n) is 10.4. The summed E-state index contributed by atoms with van der Waals surface area (Å²) in [6.45, 7) is 6.70. The number of amides is 1. The minimum atomic E-state index is -3.52. The van der Waals surface area contributed by atoms with Gasteiger partial charge in [0.1, 0.15) is 0 Å². The standard InChI is InChI=1S/C23H28Cl2N2O3S/c1-15-4-5-16(2)21(12-15)17(3)26-23(28)18-8-10-27(11-9-18)31(29,30)14-19-6-7-20(24)13-22(19)25/h4-7,12-13,17-18H,8-11,14H2,1-3H3,(H,26,28)/t17-/m0/s1. The molecule has 0 saturated carbocycles. The van der Waals surface area contributed by atoms with Crippen LogP contribution in [0.2, 0.25) is 10.0 Å². The van der Waals surface area contributed by atoms with E-state index in [1.54, 1.807) is 18.2 Å². The number of carbonyl (C=O) groups excluding carboxylic acids is 1. The van der Waals surface area contributed by atoms with Gasteiger partial charge in [-0.25, -0.2) is 12.7 Å². The first-order chi connectivity index (χ1) is 14.6. The van der Waals surface area contributed by atoms with Gasteiger partial charge in [0.2, 0.25) is 15.9 Å². The summed E-state index contributed by atoms with van der Waals surface area (Å²) in [6.07, 6.45) is 0.998. The summed E-state index contributed by atoms with van der Waals surface area (Å²) in [5, 5.41) is 3.91. The Morgan fingerprint density at radius 2 is 1.81 bits per heavy atom. The fourth-order valence-corrected chi connectivity index (χ4v) is 6.11. The van der Waals surface area contributed by atoms with E-state index in [2.05, 4.69) is 23.5 Å². The van der Waals surface area contributed by atoms with E-state index in [1.807, 2.05) is 20.8 Å². The lowest BCUT2D eigenvalue weighted by Crippen LogP contribution is -2.43. The average Bonchev–Trinajstić information content (AvgIpc) is 2.72. The minimum Gasteiger partial charge on any atom is -0.349 e. The number of piperidine rings is 1. The molecule has 0 radical (unpaired) electrons. The van der Waals surface area contributed by atoms with E-state index < -0.39 is 10.0 Å². The zero-order valence-electron chi connectivity index (χ0n) is 18.0. The Labute approximate surface area is 194 Å². The third kappa shape index (κ3) is 6.01. The molecule has 1 amide bonds. The van der Waals surface area contributed by atoms with E-state index in [0.717, 1.165) is 16.7 Å². The van der Waals surface area contributed by atoms with Crippen LogP contribution in [-0.2, 0) is 20.6 Å². The van der Waals surface area contributed by atoms with Crippen LogP contribution in [0.3, 0.4) is 0 Å². The van der Waals surface area contributed by atoms with Crippen molar-refractivity contribution in [3.8, 4) is 0 Å². The fraction of sp³-hybridized carbons (Fsp3) is 0.435. The Kier molecular flexibility index (Phi) is 7.68. The summed E-state index contributed by atoms with van der Waals surface area (Å²) in [5.74, 6) is -0.395. The Balaban J connectivity index is 1.58. The van der Waals surface area contributed by atoms with Gasteiger partial charge in [0, 0.05) is 29.1 Å². The van der Waals surface area contributed by atoms with Gasteiger partial charge >= 0.3 is 0 Å². The summed E-state index contributed by atoms with van der Waals surface area (Å²) >= 11 is 12.0. The van der Waals surface area contributed by atoms with Gasteiger partial charge in [-0.2, -0.15) is 0 Å². The second-order valence-corrected chi connectivity index (χ2v) is 11.1. The monoisotopic (exact) mass is 482 g/mol. The molecule has 8 heteroatoms. The highest BCUT2D eigenvalue weighted by Crippen LogP contribution is 2.27. The molecule has 1 aliphatic rings. The van der Waals surface area contributed by atoms with Crippen molar-refractivity contribution < 1.29 is 13.2 Å². The molecule has 1 heterocycles. The van der Waals surface area contributed by atoms with Crippen LogP contribution in [-0.4, -0.2) is 31.7 Å². The van der Waals surface area contributed by atoms with E-state index in [4.69, 9.17) is 23.2 Å². The van der Waals surface area contributed by atoms with Crippen molar-refractivity contribution >= 4 is 39.1 Å². The molecule has 1 atom stereocenters. The van der Waals surface area contributed by atoms with Crippen LogP contribution >= 0.6 is 23.2 Å². The average molecular weight is 483 g/mol. The largest absolute Gasteiger partial charge is 0.349 e. The third-order valence-electron chi connectivity index (χ3n) is 5.83. The van der Waals surface area contributed by atoms with Crippen molar-refractivity contribution in [3.05, 3.63) is 68.7 Å². The maximum Gasteiger partial charge on any atom is 0.223 e. The summed E-state index contributed by atoms with van der Waals surface area (Å²) in [4.78, 5) is 12.8. The predicted octanol–water partition coefficient (Wildman–Crippen LogP) is 5.03. The van der Waals surface area contributed by atoms with Crippen LogP contribution in [0.5, 0.6) is 0 Å². The first kappa shape index (κ1) is 24.1. The number of nitrogens with one attached hydrogen (secondary N) is 1. The number of hydrogen-bond donors (Lipinski definition) is 1. The molecule has 31 heavy (non-hydrogen) atoms. The molecule has 0 spiro atoms. The number of benzene rings is 2. The van der Waals surface area contributed by atoms with Gasteiger partial charge in [-0.1, -0.05) is 53.0 Å². The van der Waals surface area contributed by atoms with Crippen molar-refractivity contribution in [1.29, 1.82) is 0 Å². The Bertz CT molecular complexity index is 1060. The Hall–Kier alpha value is -1.60. The van der Waals surface area contributed by atoms with Gasteiger partial charge in [0.15, 0.2) is 0 Å². The van der Waals surface area contributed by atoms with Gasteiger partial charge in [-0.15, -0.1) is 0 Å². The molecule has 3 rings (SSSR count). The minimum absolute atomic E-state index is 0.0220. The third-order valence-corrected chi connectivity index (χ3v) is 8.25. The van der Waals surface area contributed by atoms with Crippen LogP contribution < -0.4 is 5.32 Å². The van der Waals surface area contributed by atoms with Crippen LogP contribution in [0.4, 0.5) is 0 Å². The van der Waals surface area contributed by atoms with Crippen LogP contribution in [0, 0.1) is 19.8 Å². The van der Waals surface area contributed by atoms with Gasteiger partial charge in [-0.05, 0) is 62.4 Å². The highest BCUT2D eigenvalue weighted by atomic mass is 35.5. The Morgan fingerprint density at radius 3 is 2.45 bits per heavy atom. The molecule has 0 aromatic heterocycles. The number of sulfonamides is 1. The zero-order valence-corrected chi connectivity index (χ0v) is 20.3. The molecule has 168 valence electrons.